The van der Waals surface area contributed by atoms with Gasteiger partial charge in [-0.1, -0.05) is 13.0 Å². The highest BCUT2D eigenvalue weighted by Gasteiger charge is 2.23. The summed E-state index contributed by atoms with van der Waals surface area (Å²) in [5, 5.41) is 0. The molecule has 1 fully saturated rings. The maximum Gasteiger partial charge on any atom is 0.223 e. The number of likely N-dealkylation sites (tertiary alicyclic amines) is 1. The zero-order chi connectivity index (χ0) is 16.8. The Morgan fingerprint density at radius 1 is 1.26 bits per heavy atom. The molecular formula is C18H31N3O2. The third-order valence-corrected chi connectivity index (χ3v) is 5.17. The van der Waals surface area contributed by atoms with Gasteiger partial charge in [0.1, 0.15) is 0 Å². The molecule has 2 heterocycles. The molecule has 1 saturated heterocycles. The van der Waals surface area contributed by atoms with Gasteiger partial charge in [-0.25, -0.2) is 0 Å². The van der Waals surface area contributed by atoms with Crippen LogP contribution in [0, 0.1) is 0 Å². The highest BCUT2D eigenvalue weighted by Crippen LogP contribution is 2.18. The minimum atomic E-state index is 0.138. The van der Waals surface area contributed by atoms with E-state index in [-0.39, 0.29) is 11.9 Å². The van der Waals surface area contributed by atoms with Gasteiger partial charge in [-0.2, -0.15) is 0 Å². The molecule has 2 amide bonds. The van der Waals surface area contributed by atoms with E-state index in [1.807, 2.05) is 23.8 Å². The van der Waals surface area contributed by atoms with Crippen molar-refractivity contribution in [3.05, 3.63) is 11.6 Å². The molecule has 0 spiro atoms. The molecule has 23 heavy (non-hydrogen) atoms. The van der Waals surface area contributed by atoms with Crippen molar-refractivity contribution in [1.29, 1.82) is 0 Å². The molecule has 0 aromatic carbocycles. The van der Waals surface area contributed by atoms with E-state index in [0.717, 1.165) is 52.0 Å². The molecular weight excluding hydrogens is 290 g/mol. The predicted octanol–water partition coefficient (Wildman–Crippen LogP) is 1.89. The van der Waals surface area contributed by atoms with Gasteiger partial charge in [0.2, 0.25) is 11.8 Å². The van der Waals surface area contributed by atoms with Crippen LogP contribution in [0.3, 0.4) is 0 Å². The minimum Gasteiger partial charge on any atom is -0.343 e. The van der Waals surface area contributed by atoms with Gasteiger partial charge in [0.05, 0.1) is 6.04 Å². The van der Waals surface area contributed by atoms with Crippen LogP contribution in [0.1, 0.15) is 46.0 Å². The SMILES string of the molecule is CCC(=O)N(C)C(C)C1=CCCN(CCC(=O)N2CCCC2)C1. The van der Waals surface area contributed by atoms with Crippen LogP contribution >= 0.6 is 0 Å². The van der Waals surface area contributed by atoms with Gasteiger partial charge in [0.15, 0.2) is 0 Å². The summed E-state index contributed by atoms with van der Waals surface area (Å²) in [6.07, 6.45) is 6.73. The molecule has 0 aromatic rings. The summed E-state index contributed by atoms with van der Waals surface area (Å²) in [7, 11) is 1.88. The molecule has 2 aliphatic rings. The number of carbonyl (C=O) groups is 2. The summed E-state index contributed by atoms with van der Waals surface area (Å²) in [5.41, 5.74) is 1.30. The van der Waals surface area contributed by atoms with Crippen LogP contribution in [0.5, 0.6) is 0 Å². The molecule has 0 N–H and O–H groups in total. The topological polar surface area (TPSA) is 43.9 Å². The van der Waals surface area contributed by atoms with Crippen molar-refractivity contribution in [2.75, 3.05) is 39.8 Å². The van der Waals surface area contributed by atoms with Gasteiger partial charge in [-0.3, -0.25) is 14.5 Å². The van der Waals surface area contributed by atoms with Crippen molar-refractivity contribution in [3.63, 3.8) is 0 Å². The molecule has 0 bridgehead atoms. The molecule has 0 aliphatic carbocycles. The lowest BCUT2D eigenvalue weighted by atomic mass is 10.0. The first-order valence-corrected chi connectivity index (χ1v) is 8.97. The number of rotatable bonds is 6. The maximum absolute atomic E-state index is 12.2. The molecule has 5 nitrogen and oxygen atoms in total. The summed E-state index contributed by atoms with van der Waals surface area (Å²) in [4.78, 5) is 30.2. The first-order chi connectivity index (χ1) is 11.0. The van der Waals surface area contributed by atoms with Crippen molar-refractivity contribution in [3.8, 4) is 0 Å². The smallest absolute Gasteiger partial charge is 0.223 e. The van der Waals surface area contributed by atoms with E-state index >= 15 is 0 Å². The summed E-state index contributed by atoms with van der Waals surface area (Å²) in [5.74, 6) is 0.477. The highest BCUT2D eigenvalue weighted by atomic mass is 16.2. The second-order valence-electron chi connectivity index (χ2n) is 6.72. The highest BCUT2D eigenvalue weighted by molar-refractivity contribution is 5.77. The fourth-order valence-corrected chi connectivity index (χ4v) is 3.42. The van der Waals surface area contributed by atoms with Crippen LogP contribution in [-0.2, 0) is 9.59 Å². The summed E-state index contributed by atoms with van der Waals surface area (Å²) in [6, 6.07) is 0.138. The van der Waals surface area contributed by atoms with Crippen molar-refractivity contribution in [2.45, 2.75) is 52.0 Å². The lowest BCUT2D eigenvalue weighted by Gasteiger charge is -2.34. The van der Waals surface area contributed by atoms with E-state index < -0.39 is 0 Å². The Bertz CT molecular complexity index is 455. The van der Waals surface area contributed by atoms with Gasteiger partial charge in [-0.15, -0.1) is 0 Å². The van der Waals surface area contributed by atoms with Gasteiger partial charge in [0.25, 0.3) is 0 Å². The molecule has 1 unspecified atom stereocenters. The van der Waals surface area contributed by atoms with E-state index in [9.17, 15) is 9.59 Å². The fraction of sp³-hybridized carbons (Fsp3) is 0.778. The molecule has 130 valence electrons. The first-order valence-electron chi connectivity index (χ1n) is 8.97. The van der Waals surface area contributed by atoms with Crippen molar-refractivity contribution < 1.29 is 9.59 Å². The molecule has 0 radical (unpaired) electrons. The lowest BCUT2D eigenvalue weighted by molar-refractivity contribution is -0.131. The number of amides is 2. The number of hydrogen-bond acceptors (Lipinski definition) is 3. The zero-order valence-electron chi connectivity index (χ0n) is 14.9. The Hall–Kier alpha value is -1.36. The largest absolute Gasteiger partial charge is 0.343 e. The Kier molecular flexibility index (Phi) is 6.63. The fourth-order valence-electron chi connectivity index (χ4n) is 3.42. The van der Waals surface area contributed by atoms with Crippen LogP contribution in [0.2, 0.25) is 0 Å². The quantitative estimate of drug-likeness (QED) is 0.702. The maximum atomic E-state index is 12.2. The van der Waals surface area contributed by atoms with E-state index in [1.54, 1.807) is 0 Å². The van der Waals surface area contributed by atoms with Gasteiger partial charge in [-0.05, 0) is 31.8 Å². The third-order valence-electron chi connectivity index (χ3n) is 5.17. The van der Waals surface area contributed by atoms with Crippen LogP contribution in [0.15, 0.2) is 11.6 Å². The average molecular weight is 321 g/mol. The van der Waals surface area contributed by atoms with E-state index in [1.165, 1.54) is 5.57 Å². The third kappa shape index (κ3) is 4.80. The minimum absolute atomic E-state index is 0.138. The second kappa shape index (κ2) is 8.48. The average Bonchev–Trinajstić information content (AvgIpc) is 3.12. The summed E-state index contributed by atoms with van der Waals surface area (Å²) >= 11 is 0. The van der Waals surface area contributed by atoms with Crippen LogP contribution in [0.25, 0.3) is 0 Å². The number of carbonyl (C=O) groups excluding carboxylic acids is 2. The Balaban J connectivity index is 1.81. The molecule has 0 aromatic heterocycles. The lowest BCUT2D eigenvalue weighted by Crippen LogP contribution is -2.42. The molecule has 5 heteroatoms. The number of nitrogens with zero attached hydrogens (tertiary/aromatic N) is 3. The standard InChI is InChI=1S/C18H31N3O2/c1-4-17(22)19(3)15(2)16-8-7-10-20(14-16)13-9-18(23)21-11-5-6-12-21/h8,15H,4-7,9-14H2,1-3H3. The van der Waals surface area contributed by atoms with E-state index in [0.29, 0.717) is 18.7 Å². The van der Waals surface area contributed by atoms with Crippen molar-refractivity contribution >= 4 is 11.8 Å². The first kappa shape index (κ1) is 18.0. The summed E-state index contributed by atoms with van der Waals surface area (Å²) < 4.78 is 0. The molecule has 1 atom stereocenters. The van der Waals surface area contributed by atoms with E-state index in [2.05, 4.69) is 17.9 Å². The van der Waals surface area contributed by atoms with E-state index in [4.69, 9.17) is 0 Å². The zero-order valence-corrected chi connectivity index (χ0v) is 14.9. The summed E-state index contributed by atoms with van der Waals surface area (Å²) in [6.45, 7) is 8.57. The van der Waals surface area contributed by atoms with Gasteiger partial charge < -0.3 is 9.80 Å². The van der Waals surface area contributed by atoms with Crippen LogP contribution < -0.4 is 0 Å². The predicted molar refractivity (Wildman–Crippen MR) is 92.1 cm³/mol. The Morgan fingerprint density at radius 3 is 2.61 bits per heavy atom. The normalized spacial score (nSPS) is 20.3. The van der Waals surface area contributed by atoms with Crippen LogP contribution in [0.4, 0.5) is 0 Å². The van der Waals surface area contributed by atoms with Gasteiger partial charge >= 0.3 is 0 Å². The van der Waals surface area contributed by atoms with Crippen molar-refractivity contribution in [2.24, 2.45) is 0 Å². The van der Waals surface area contributed by atoms with Crippen molar-refractivity contribution in [1.82, 2.24) is 14.7 Å². The Labute approximate surface area is 140 Å². The second-order valence-corrected chi connectivity index (χ2v) is 6.72. The Morgan fingerprint density at radius 2 is 1.96 bits per heavy atom. The van der Waals surface area contributed by atoms with Gasteiger partial charge in [0, 0.05) is 52.6 Å². The monoisotopic (exact) mass is 321 g/mol. The number of hydrogen-bond donors (Lipinski definition) is 0. The number of likely N-dealkylation sites (N-methyl/N-ethyl adjacent to an activating group) is 1. The van der Waals surface area contributed by atoms with Crippen LogP contribution in [-0.4, -0.2) is 72.3 Å². The molecule has 2 rings (SSSR count). The molecule has 2 aliphatic heterocycles. The molecule has 0 saturated carbocycles.